The molecule has 2 aromatic rings. The van der Waals surface area contributed by atoms with Crippen LogP contribution in [0.3, 0.4) is 0 Å². The third-order valence-corrected chi connectivity index (χ3v) is 2.67. The van der Waals surface area contributed by atoms with Crippen molar-refractivity contribution >= 4 is 17.3 Å². The minimum Gasteiger partial charge on any atom is -0.492 e. The third kappa shape index (κ3) is 1.72. The van der Waals surface area contributed by atoms with Gasteiger partial charge in [0.15, 0.2) is 0 Å². The smallest absolute Gasteiger partial charge is 0.231 e. The zero-order valence-corrected chi connectivity index (χ0v) is 9.41. The monoisotopic (exact) mass is 249 g/mol. The first-order valence-corrected chi connectivity index (χ1v) is 5.33. The Kier molecular flexibility index (Phi) is 2.22. The highest BCUT2D eigenvalue weighted by molar-refractivity contribution is 6.30. The number of benzene rings is 1. The Morgan fingerprint density at radius 1 is 1.29 bits per heavy atom. The van der Waals surface area contributed by atoms with Gasteiger partial charge >= 0.3 is 0 Å². The fourth-order valence-electron chi connectivity index (χ4n) is 1.62. The van der Waals surface area contributed by atoms with Gasteiger partial charge in [0.2, 0.25) is 5.88 Å². The molecule has 7 heteroatoms. The molecule has 0 fully saturated rings. The molecule has 0 radical (unpaired) electrons. The maximum Gasteiger partial charge on any atom is 0.231 e. The molecule has 86 valence electrons. The van der Waals surface area contributed by atoms with Gasteiger partial charge < -0.3 is 5.11 Å². The summed E-state index contributed by atoms with van der Waals surface area (Å²) in [5, 5.41) is 23.5. The summed E-state index contributed by atoms with van der Waals surface area (Å²) in [4.78, 5) is 1.28. The van der Waals surface area contributed by atoms with Crippen LogP contribution in [0.1, 0.15) is 5.56 Å². The van der Waals surface area contributed by atoms with Crippen molar-refractivity contribution in [2.45, 2.75) is 6.54 Å². The van der Waals surface area contributed by atoms with Gasteiger partial charge in [0, 0.05) is 16.7 Å². The van der Waals surface area contributed by atoms with Gasteiger partial charge in [-0.25, -0.2) is 0 Å². The van der Waals surface area contributed by atoms with E-state index in [0.29, 0.717) is 11.6 Å². The molecular weight excluding hydrogens is 242 g/mol. The Morgan fingerprint density at radius 3 is 2.94 bits per heavy atom. The lowest BCUT2D eigenvalue weighted by Gasteiger charge is -2.21. The average molecular weight is 250 g/mol. The molecule has 0 unspecified atom stereocenters. The normalized spacial score (nSPS) is 13.8. The molecule has 0 amide bonds. The molecule has 17 heavy (non-hydrogen) atoms. The van der Waals surface area contributed by atoms with Gasteiger partial charge in [0.05, 0.1) is 18.4 Å². The van der Waals surface area contributed by atoms with E-state index in [9.17, 15) is 5.11 Å². The van der Waals surface area contributed by atoms with E-state index in [1.54, 1.807) is 12.1 Å². The van der Waals surface area contributed by atoms with Crippen LogP contribution in [-0.2, 0) is 6.54 Å². The number of aromatic nitrogens is 2. The maximum atomic E-state index is 9.53. The Morgan fingerprint density at radius 2 is 2.18 bits per heavy atom. The van der Waals surface area contributed by atoms with Crippen LogP contribution in [-0.4, -0.2) is 15.0 Å². The van der Waals surface area contributed by atoms with Crippen LogP contribution < -0.4 is 5.12 Å². The van der Waals surface area contributed by atoms with Gasteiger partial charge in [-0.1, -0.05) is 17.7 Å². The highest BCUT2D eigenvalue weighted by Crippen LogP contribution is 2.29. The van der Waals surface area contributed by atoms with E-state index in [4.69, 9.17) is 11.6 Å². The molecule has 1 aromatic heterocycles. The van der Waals surface area contributed by atoms with Gasteiger partial charge in [-0.05, 0) is 17.4 Å². The van der Waals surface area contributed by atoms with Crippen LogP contribution in [0.5, 0.6) is 5.88 Å². The molecule has 1 aromatic carbocycles. The maximum absolute atomic E-state index is 9.53. The fraction of sp³-hybridized carbons (Fsp3) is 0.100. The quantitative estimate of drug-likeness (QED) is 0.844. The predicted octanol–water partition coefficient (Wildman–Crippen LogP) is 2.39. The lowest BCUT2D eigenvalue weighted by Crippen LogP contribution is -2.30. The first-order chi connectivity index (χ1) is 8.24. The van der Waals surface area contributed by atoms with Crippen molar-refractivity contribution in [2.24, 2.45) is 10.3 Å². The van der Waals surface area contributed by atoms with E-state index >= 15 is 0 Å². The minimum atomic E-state index is 0.0152. The van der Waals surface area contributed by atoms with Gasteiger partial charge in [0.1, 0.15) is 0 Å². The largest absolute Gasteiger partial charge is 0.492 e. The van der Waals surface area contributed by atoms with E-state index < -0.39 is 0 Å². The summed E-state index contributed by atoms with van der Waals surface area (Å²) in [7, 11) is 0. The number of rotatable bonds is 1. The molecule has 0 saturated heterocycles. The van der Waals surface area contributed by atoms with E-state index in [-0.39, 0.29) is 5.88 Å². The van der Waals surface area contributed by atoms with Crippen molar-refractivity contribution in [1.29, 1.82) is 0 Å². The molecular formula is C10H8ClN5O. The number of hydrogen-bond donors (Lipinski definition) is 1. The molecule has 0 aliphatic carbocycles. The highest BCUT2D eigenvalue weighted by atomic mass is 35.5. The molecule has 1 N–H and O–H groups in total. The number of aromatic hydroxyl groups is 1. The van der Waals surface area contributed by atoms with Gasteiger partial charge in [-0.2, -0.15) is 10.2 Å². The second kappa shape index (κ2) is 3.74. The lowest BCUT2D eigenvalue weighted by atomic mass is 10.2. The minimum absolute atomic E-state index is 0.0152. The summed E-state index contributed by atoms with van der Waals surface area (Å²) >= 11 is 5.86. The third-order valence-electron chi connectivity index (χ3n) is 2.44. The molecule has 1 aliphatic heterocycles. The number of fused-ring (bicyclic) bond motifs is 1. The van der Waals surface area contributed by atoms with Crippen molar-refractivity contribution in [2.75, 3.05) is 5.12 Å². The lowest BCUT2D eigenvalue weighted by molar-refractivity contribution is 0.378. The standard InChI is InChI=1S/C10H8ClN5O/c11-8-2-1-7-6-15(14-13-9(7)5-8)16-10(17)3-4-12-16/h1-5,17H,6H2. The van der Waals surface area contributed by atoms with Crippen molar-refractivity contribution in [3.05, 3.63) is 41.0 Å². The Balaban J connectivity index is 1.97. The number of hydrogen-bond acceptors (Lipinski definition) is 5. The van der Waals surface area contributed by atoms with Crippen LogP contribution in [0.2, 0.25) is 5.02 Å². The van der Waals surface area contributed by atoms with E-state index in [0.717, 1.165) is 11.3 Å². The Hall–Kier alpha value is -2.08. The van der Waals surface area contributed by atoms with Crippen molar-refractivity contribution < 1.29 is 5.11 Å². The van der Waals surface area contributed by atoms with Gasteiger partial charge in [-0.15, -0.1) is 9.91 Å². The first-order valence-electron chi connectivity index (χ1n) is 4.95. The topological polar surface area (TPSA) is 66.0 Å². The van der Waals surface area contributed by atoms with Crippen molar-refractivity contribution in [1.82, 2.24) is 9.89 Å². The van der Waals surface area contributed by atoms with E-state index in [2.05, 4.69) is 15.4 Å². The number of nitrogens with zero attached hydrogens (tertiary/aromatic N) is 5. The van der Waals surface area contributed by atoms with E-state index in [1.165, 1.54) is 22.2 Å². The first kappa shape index (κ1) is 10.1. The SMILES string of the molecule is Oc1ccnn1N1Cc2ccc(Cl)cc2N=N1. The van der Waals surface area contributed by atoms with Crippen LogP contribution in [0.4, 0.5) is 5.69 Å². The summed E-state index contributed by atoms with van der Waals surface area (Å²) in [6.45, 7) is 0.477. The summed E-state index contributed by atoms with van der Waals surface area (Å²) < 4.78 is 0. The molecule has 0 bridgehead atoms. The second-order valence-electron chi connectivity index (χ2n) is 3.57. The van der Waals surface area contributed by atoms with Crippen LogP contribution >= 0.6 is 11.6 Å². The Bertz CT molecular complexity index is 594. The average Bonchev–Trinajstić information content (AvgIpc) is 2.75. The molecule has 0 atom stereocenters. The zero-order chi connectivity index (χ0) is 11.8. The predicted molar refractivity (Wildman–Crippen MR) is 61.8 cm³/mol. The van der Waals surface area contributed by atoms with E-state index in [1.807, 2.05) is 6.07 Å². The zero-order valence-electron chi connectivity index (χ0n) is 8.66. The summed E-state index contributed by atoms with van der Waals surface area (Å²) in [6.07, 6.45) is 1.49. The highest BCUT2D eigenvalue weighted by Gasteiger charge is 2.17. The molecule has 6 nitrogen and oxygen atoms in total. The molecule has 2 heterocycles. The summed E-state index contributed by atoms with van der Waals surface area (Å²) in [5.74, 6) is 0.0152. The molecule has 0 saturated carbocycles. The summed E-state index contributed by atoms with van der Waals surface area (Å²) in [6, 6.07) is 6.90. The molecule has 0 spiro atoms. The Labute approximate surface area is 102 Å². The molecule has 3 rings (SSSR count). The van der Waals surface area contributed by atoms with Crippen LogP contribution in [0, 0.1) is 0 Å². The van der Waals surface area contributed by atoms with Gasteiger partial charge in [-0.3, -0.25) is 0 Å². The second-order valence-corrected chi connectivity index (χ2v) is 4.01. The molecule has 1 aliphatic rings. The van der Waals surface area contributed by atoms with Crippen LogP contribution in [0.25, 0.3) is 0 Å². The van der Waals surface area contributed by atoms with Crippen molar-refractivity contribution in [3.63, 3.8) is 0 Å². The van der Waals surface area contributed by atoms with Gasteiger partial charge in [0.25, 0.3) is 0 Å². The fourth-order valence-corrected chi connectivity index (χ4v) is 1.79. The van der Waals surface area contributed by atoms with Crippen molar-refractivity contribution in [3.8, 4) is 5.88 Å². The van der Waals surface area contributed by atoms with Crippen LogP contribution in [0.15, 0.2) is 40.8 Å². The summed E-state index contributed by atoms with van der Waals surface area (Å²) in [5.41, 5.74) is 1.71. The number of halogens is 1.